The average molecular weight is 423 g/mol. The number of rotatable bonds is 4. The quantitative estimate of drug-likeness (QED) is 0.644. The second kappa shape index (κ2) is 8.76. The number of nitrogens with one attached hydrogen (secondary N) is 1. The minimum Gasteiger partial charge on any atom is -0.495 e. The van der Waals surface area contributed by atoms with E-state index in [-0.39, 0.29) is 17.7 Å². The average Bonchev–Trinajstić information content (AvgIpc) is 2.78. The van der Waals surface area contributed by atoms with Crippen molar-refractivity contribution in [2.45, 2.75) is 12.8 Å². The largest absolute Gasteiger partial charge is 0.495 e. The van der Waals surface area contributed by atoms with E-state index in [0.717, 1.165) is 23.6 Å². The monoisotopic (exact) mass is 422 g/mol. The second-order valence-corrected chi connectivity index (χ2v) is 7.89. The minimum absolute atomic E-state index is 0.0374. The van der Waals surface area contributed by atoms with Gasteiger partial charge in [-0.1, -0.05) is 48.0 Å². The lowest BCUT2D eigenvalue weighted by atomic mass is 9.95. The lowest BCUT2D eigenvalue weighted by molar-refractivity contribution is -0.121. The molecule has 0 spiro atoms. The van der Waals surface area contributed by atoms with Crippen LogP contribution in [-0.4, -0.2) is 36.9 Å². The fourth-order valence-electron chi connectivity index (χ4n) is 3.97. The summed E-state index contributed by atoms with van der Waals surface area (Å²) in [6, 6.07) is 18.7. The van der Waals surface area contributed by atoms with Crippen LogP contribution in [0.25, 0.3) is 10.8 Å². The molecule has 1 aliphatic rings. The molecule has 5 nitrogen and oxygen atoms in total. The van der Waals surface area contributed by atoms with E-state index >= 15 is 0 Å². The molecule has 0 aliphatic carbocycles. The molecule has 0 bridgehead atoms. The van der Waals surface area contributed by atoms with Gasteiger partial charge >= 0.3 is 0 Å². The van der Waals surface area contributed by atoms with Crippen molar-refractivity contribution in [1.82, 2.24) is 4.90 Å². The summed E-state index contributed by atoms with van der Waals surface area (Å²) in [5, 5.41) is 5.39. The normalized spacial score (nSPS) is 16.3. The van der Waals surface area contributed by atoms with Gasteiger partial charge in [-0.15, -0.1) is 0 Å². The number of ether oxygens (including phenoxy) is 1. The molecule has 3 aromatic carbocycles. The molecule has 30 heavy (non-hydrogen) atoms. The Hall–Kier alpha value is -3.05. The first-order valence-electron chi connectivity index (χ1n) is 9.98. The van der Waals surface area contributed by atoms with Gasteiger partial charge in [0.15, 0.2) is 0 Å². The van der Waals surface area contributed by atoms with Gasteiger partial charge < -0.3 is 15.0 Å². The molecule has 1 saturated heterocycles. The van der Waals surface area contributed by atoms with E-state index in [1.54, 1.807) is 30.2 Å². The van der Waals surface area contributed by atoms with Crippen LogP contribution in [0.15, 0.2) is 60.7 Å². The van der Waals surface area contributed by atoms with Gasteiger partial charge in [-0.25, -0.2) is 0 Å². The van der Waals surface area contributed by atoms with Crippen LogP contribution in [0.4, 0.5) is 5.69 Å². The van der Waals surface area contributed by atoms with E-state index in [9.17, 15) is 9.59 Å². The van der Waals surface area contributed by atoms with E-state index < -0.39 is 0 Å². The third kappa shape index (κ3) is 4.12. The third-order valence-electron chi connectivity index (χ3n) is 5.52. The number of likely N-dealkylation sites (tertiary alicyclic amines) is 1. The van der Waals surface area contributed by atoms with Crippen LogP contribution >= 0.6 is 11.6 Å². The Labute approximate surface area is 180 Å². The van der Waals surface area contributed by atoms with E-state index in [1.807, 2.05) is 42.5 Å². The van der Waals surface area contributed by atoms with Crippen LogP contribution in [0.5, 0.6) is 5.75 Å². The van der Waals surface area contributed by atoms with Gasteiger partial charge in [0.25, 0.3) is 5.91 Å². The number of amides is 2. The Kier molecular flexibility index (Phi) is 5.91. The summed E-state index contributed by atoms with van der Waals surface area (Å²) in [6.07, 6.45) is 1.51. The molecule has 154 valence electrons. The molecule has 2 amide bonds. The molecule has 1 atom stereocenters. The molecule has 1 N–H and O–H groups in total. The van der Waals surface area contributed by atoms with Crippen molar-refractivity contribution >= 4 is 39.9 Å². The number of benzene rings is 3. The van der Waals surface area contributed by atoms with Gasteiger partial charge in [-0.3, -0.25) is 9.59 Å². The number of methoxy groups -OCH3 is 1. The number of anilines is 1. The van der Waals surface area contributed by atoms with E-state index in [2.05, 4.69) is 5.32 Å². The van der Waals surface area contributed by atoms with Crippen LogP contribution in [0.2, 0.25) is 5.02 Å². The zero-order chi connectivity index (χ0) is 21.1. The van der Waals surface area contributed by atoms with Crippen LogP contribution in [0.3, 0.4) is 0 Å². The predicted octanol–water partition coefficient (Wildman–Crippen LogP) is 4.99. The lowest BCUT2D eigenvalue weighted by Crippen LogP contribution is -2.43. The summed E-state index contributed by atoms with van der Waals surface area (Å²) in [5.41, 5.74) is 1.21. The zero-order valence-corrected chi connectivity index (χ0v) is 17.5. The summed E-state index contributed by atoms with van der Waals surface area (Å²) in [5.74, 6) is 0.0873. The highest BCUT2D eigenvalue weighted by Crippen LogP contribution is 2.29. The Morgan fingerprint density at radius 3 is 2.73 bits per heavy atom. The molecule has 0 radical (unpaired) electrons. The van der Waals surface area contributed by atoms with E-state index in [4.69, 9.17) is 16.3 Å². The molecule has 1 heterocycles. The maximum absolute atomic E-state index is 13.2. The molecular weight excluding hydrogens is 400 g/mol. The van der Waals surface area contributed by atoms with Gasteiger partial charge in [0.1, 0.15) is 5.75 Å². The van der Waals surface area contributed by atoms with Gasteiger partial charge in [0.2, 0.25) is 5.91 Å². The van der Waals surface area contributed by atoms with Crippen LogP contribution in [-0.2, 0) is 4.79 Å². The molecule has 1 unspecified atom stereocenters. The molecule has 6 heteroatoms. The lowest BCUT2D eigenvalue weighted by Gasteiger charge is -2.32. The Morgan fingerprint density at radius 1 is 1.10 bits per heavy atom. The summed E-state index contributed by atoms with van der Waals surface area (Å²) in [6.45, 7) is 1.03. The smallest absolute Gasteiger partial charge is 0.254 e. The van der Waals surface area contributed by atoms with Crippen LogP contribution < -0.4 is 10.1 Å². The second-order valence-electron chi connectivity index (χ2n) is 7.45. The van der Waals surface area contributed by atoms with Crippen molar-refractivity contribution in [3.63, 3.8) is 0 Å². The highest BCUT2D eigenvalue weighted by atomic mass is 35.5. The Balaban J connectivity index is 1.51. The van der Waals surface area contributed by atoms with Crippen molar-refractivity contribution in [2.75, 3.05) is 25.5 Å². The third-order valence-corrected chi connectivity index (χ3v) is 5.75. The minimum atomic E-state index is -0.290. The van der Waals surface area contributed by atoms with Crippen LogP contribution in [0, 0.1) is 5.92 Å². The Bertz CT molecular complexity index is 1090. The number of fused-ring (bicyclic) bond motifs is 1. The summed E-state index contributed by atoms with van der Waals surface area (Å²) >= 11 is 6.06. The number of hydrogen-bond acceptors (Lipinski definition) is 3. The summed E-state index contributed by atoms with van der Waals surface area (Å²) in [4.78, 5) is 27.9. The summed E-state index contributed by atoms with van der Waals surface area (Å²) < 4.78 is 5.31. The fraction of sp³-hybridized carbons (Fsp3) is 0.250. The maximum Gasteiger partial charge on any atom is 0.254 e. The van der Waals surface area contributed by atoms with Crippen molar-refractivity contribution in [3.05, 3.63) is 71.2 Å². The molecule has 3 aromatic rings. The van der Waals surface area contributed by atoms with Crippen molar-refractivity contribution in [1.29, 1.82) is 0 Å². The molecule has 1 aliphatic heterocycles. The van der Waals surface area contributed by atoms with Gasteiger partial charge in [-0.05, 0) is 47.9 Å². The molecule has 0 aromatic heterocycles. The zero-order valence-electron chi connectivity index (χ0n) is 16.7. The fourth-order valence-corrected chi connectivity index (χ4v) is 4.14. The SMILES string of the molecule is COc1ccc(Cl)cc1NC(=O)C1CCCN(C(=O)c2cccc3ccccc23)C1. The standard InChI is InChI=1S/C24H23ClN2O3/c1-30-22-12-11-18(25)14-21(22)26-23(28)17-8-5-13-27(15-17)24(29)20-10-4-7-16-6-2-3-9-19(16)20/h2-4,6-7,9-12,14,17H,5,8,13,15H2,1H3,(H,26,28). The highest BCUT2D eigenvalue weighted by molar-refractivity contribution is 6.31. The van der Waals surface area contributed by atoms with Crippen molar-refractivity contribution in [3.8, 4) is 5.75 Å². The number of hydrogen-bond donors (Lipinski definition) is 1. The van der Waals surface area contributed by atoms with Gasteiger partial charge in [0, 0.05) is 23.7 Å². The number of carbonyl (C=O) groups excluding carboxylic acids is 2. The molecule has 0 saturated carbocycles. The van der Waals surface area contributed by atoms with Crippen molar-refractivity contribution < 1.29 is 14.3 Å². The van der Waals surface area contributed by atoms with Crippen molar-refractivity contribution in [2.24, 2.45) is 5.92 Å². The number of piperidine rings is 1. The predicted molar refractivity (Wildman–Crippen MR) is 119 cm³/mol. The first-order chi connectivity index (χ1) is 14.6. The highest BCUT2D eigenvalue weighted by Gasteiger charge is 2.30. The van der Waals surface area contributed by atoms with E-state index in [1.165, 1.54) is 0 Å². The van der Waals surface area contributed by atoms with Gasteiger partial charge in [-0.2, -0.15) is 0 Å². The molecule has 1 fully saturated rings. The molecular formula is C24H23ClN2O3. The molecule has 4 rings (SSSR count). The van der Waals surface area contributed by atoms with Gasteiger partial charge in [0.05, 0.1) is 18.7 Å². The Morgan fingerprint density at radius 2 is 1.90 bits per heavy atom. The first kappa shape index (κ1) is 20.2. The topological polar surface area (TPSA) is 58.6 Å². The number of nitrogens with zero attached hydrogens (tertiary/aromatic N) is 1. The van der Waals surface area contributed by atoms with E-state index in [0.29, 0.717) is 35.1 Å². The summed E-state index contributed by atoms with van der Waals surface area (Å²) in [7, 11) is 1.55. The maximum atomic E-state index is 13.2. The number of halogens is 1. The number of carbonyl (C=O) groups is 2. The van der Waals surface area contributed by atoms with Crippen LogP contribution in [0.1, 0.15) is 23.2 Å². The first-order valence-corrected chi connectivity index (χ1v) is 10.4.